The average molecular weight is 361 g/mol. The molecule has 4 N–H and O–H groups in total. The molecule has 7 heteroatoms. The van der Waals surface area contributed by atoms with Crippen LogP contribution in [-0.2, 0) is 14.3 Å². The van der Waals surface area contributed by atoms with Gasteiger partial charge in [-0.2, -0.15) is 0 Å². The third-order valence-corrected chi connectivity index (χ3v) is 4.53. The van der Waals surface area contributed by atoms with Gasteiger partial charge < -0.3 is 30.1 Å². The van der Waals surface area contributed by atoms with Crippen molar-refractivity contribution in [1.82, 2.24) is 5.32 Å². The molecule has 1 amide bonds. The Morgan fingerprint density at radius 1 is 1.04 bits per heavy atom. The first kappa shape index (κ1) is 22.3. The highest BCUT2D eigenvalue weighted by Gasteiger charge is 2.45. The number of carbonyl (C=O) groups is 1. The molecule has 5 unspecified atom stereocenters. The van der Waals surface area contributed by atoms with Crippen molar-refractivity contribution >= 4 is 5.91 Å². The van der Waals surface area contributed by atoms with Crippen LogP contribution >= 0.6 is 0 Å². The molecule has 1 heterocycles. The van der Waals surface area contributed by atoms with Crippen molar-refractivity contribution in [2.75, 3.05) is 13.2 Å². The Morgan fingerprint density at radius 2 is 1.64 bits per heavy atom. The van der Waals surface area contributed by atoms with Crippen molar-refractivity contribution in [3.8, 4) is 0 Å². The quantitative estimate of drug-likeness (QED) is 0.388. The van der Waals surface area contributed by atoms with E-state index >= 15 is 0 Å². The Labute approximate surface area is 150 Å². The van der Waals surface area contributed by atoms with E-state index in [1.165, 1.54) is 39.0 Å². The van der Waals surface area contributed by atoms with Gasteiger partial charge in [0.05, 0.1) is 6.61 Å². The molecule has 0 aliphatic carbocycles. The number of hydrogen-bond acceptors (Lipinski definition) is 6. The molecule has 0 spiro atoms. The Hall–Kier alpha value is -0.730. The van der Waals surface area contributed by atoms with Gasteiger partial charge in [-0.25, -0.2) is 0 Å². The van der Waals surface area contributed by atoms with Crippen LogP contribution in [0.25, 0.3) is 0 Å². The monoisotopic (exact) mass is 361 g/mol. The lowest BCUT2D eigenvalue weighted by molar-refractivity contribution is -0.270. The van der Waals surface area contributed by atoms with Crippen LogP contribution in [0.3, 0.4) is 0 Å². The van der Waals surface area contributed by atoms with E-state index in [1.807, 2.05) is 0 Å². The third-order valence-electron chi connectivity index (χ3n) is 4.53. The standard InChI is InChI=1S/C18H35NO6/c1-3-4-5-6-7-8-9-10-11-24-18-15(19-13(2)21)17(23)16(22)14(12-20)25-18/h14-18,20,22-23H,3-12H2,1-2H3,(H,19,21). The second-order valence-corrected chi connectivity index (χ2v) is 6.78. The van der Waals surface area contributed by atoms with Crippen molar-refractivity contribution in [3.05, 3.63) is 0 Å². The Balaban J connectivity index is 2.33. The second kappa shape index (κ2) is 12.6. The highest BCUT2D eigenvalue weighted by Crippen LogP contribution is 2.22. The summed E-state index contributed by atoms with van der Waals surface area (Å²) in [5.41, 5.74) is 0. The normalized spacial score (nSPS) is 29.6. The molecule has 0 aromatic carbocycles. The van der Waals surface area contributed by atoms with Crippen LogP contribution in [-0.4, -0.2) is 65.1 Å². The largest absolute Gasteiger partial charge is 0.394 e. The molecular formula is C18H35NO6. The molecule has 25 heavy (non-hydrogen) atoms. The predicted molar refractivity (Wildman–Crippen MR) is 93.9 cm³/mol. The minimum absolute atomic E-state index is 0.344. The Morgan fingerprint density at radius 3 is 2.20 bits per heavy atom. The zero-order valence-corrected chi connectivity index (χ0v) is 15.5. The number of carbonyl (C=O) groups excluding carboxylic acids is 1. The predicted octanol–water partition coefficient (Wildman–Crippen LogP) is 1.09. The Bertz CT molecular complexity index is 367. The van der Waals surface area contributed by atoms with Crippen molar-refractivity contribution in [3.63, 3.8) is 0 Å². The highest BCUT2D eigenvalue weighted by atomic mass is 16.7. The van der Waals surface area contributed by atoms with Gasteiger partial charge in [-0.1, -0.05) is 51.9 Å². The van der Waals surface area contributed by atoms with Crippen molar-refractivity contribution < 1.29 is 29.6 Å². The number of amides is 1. The number of unbranched alkanes of at least 4 members (excludes halogenated alkanes) is 7. The van der Waals surface area contributed by atoms with Crippen molar-refractivity contribution in [2.24, 2.45) is 0 Å². The molecule has 0 bridgehead atoms. The van der Waals surface area contributed by atoms with Gasteiger partial charge >= 0.3 is 0 Å². The zero-order valence-electron chi connectivity index (χ0n) is 15.5. The van der Waals surface area contributed by atoms with Crippen LogP contribution in [0, 0.1) is 0 Å². The van der Waals surface area contributed by atoms with Gasteiger partial charge in [0.15, 0.2) is 6.29 Å². The fraction of sp³-hybridized carbons (Fsp3) is 0.944. The molecular weight excluding hydrogens is 326 g/mol. The van der Waals surface area contributed by atoms with Gasteiger partial charge in [0.1, 0.15) is 24.4 Å². The van der Waals surface area contributed by atoms with Crippen LogP contribution in [0.4, 0.5) is 0 Å². The topological polar surface area (TPSA) is 108 Å². The molecule has 0 aromatic heterocycles. The fourth-order valence-corrected chi connectivity index (χ4v) is 3.05. The van der Waals surface area contributed by atoms with Gasteiger partial charge in [-0.15, -0.1) is 0 Å². The maximum atomic E-state index is 11.3. The summed E-state index contributed by atoms with van der Waals surface area (Å²) < 4.78 is 11.2. The van der Waals surface area contributed by atoms with Crippen molar-refractivity contribution in [2.45, 2.75) is 95.9 Å². The van der Waals surface area contributed by atoms with E-state index in [9.17, 15) is 20.1 Å². The number of aliphatic hydroxyl groups excluding tert-OH is 3. The molecule has 0 aromatic rings. The lowest BCUT2D eigenvalue weighted by Gasteiger charge is -2.42. The third kappa shape index (κ3) is 8.00. The summed E-state index contributed by atoms with van der Waals surface area (Å²) >= 11 is 0. The van der Waals surface area contributed by atoms with Gasteiger partial charge in [-0.3, -0.25) is 4.79 Å². The summed E-state index contributed by atoms with van der Waals surface area (Å²) in [7, 11) is 0. The molecule has 1 saturated heterocycles. The summed E-state index contributed by atoms with van der Waals surface area (Å²) in [5, 5.41) is 31.9. The maximum absolute atomic E-state index is 11.3. The first-order valence-corrected chi connectivity index (χ1v) is 9.52. The Kier molecular flexibility index (Phi) is 11.2. The summed E-state index contributed by atoms with van der Waals surface area (Å²) in [6.45, 7) is 3.54. The SMILES string of the molecule is CCCCCCCCCCOC1OC(CO)C(O)C(O)C1NC(C)=O. The zero-order chi connectivity index (χ0) is 18.7. The van der Waals surface area contributed by atoms with Gasteiger partial charge in [0.25, 0.3) is 0 Å². The molecule has 1 aliphatic rings. The van der Waals surface area contributed by atoms with E-state index in [2.05, 4.69) is 12.2 Å². The van der Waals surface area contributed by atoms with Crippen LogP contribution in [0.15, 0.2) is 0 Å². The molecule has 1 fully saturated rings. The van der Waals surface area contributed by atoms with E-state index < -0.39 is 37.3 Å². The van der Waals surface area contributed by atoms with Gasteiger partial charge in [-0.05, 0) is 6.42 Å². The minimum atomic E-state index is -1.27. The molecule has 7 nitrogen and oxygen atoms in total. The van der Waals surface area contributed by atoms with Gasteiger partial charge in [0.2, 0.25) is 5.91 Å². The van der Waals surface area contributed by atoms with Crippen molar-refractivity contribution in [1.29, 1.82) is 0 Å². The lowest BCUT2D eigenvalue weighted by atomic mass is 9.97. The number of aliphatic hydroxyl groups is 3. The molecule has 5 atom stereocenters. The van der Waals surface area contributed by atoms with E-state index in [0.717, 1.165) is 19.3 Å². The van der Waals surface area contributed by atoms with Crippen LogP contribution in [0.5, 0.6) is 0 Å². The van der Waals surface area contributed by atoms with E-state index in [1.54, 1.807) is 0 Å². The highest BCUT2D eigenvalue weighted by molar-refractivity contribution is 5.73. The summed E-state index contributed by atoms with van der Waals surface area (Å²) in [6, 6.07) is -0.857. The van der Waals surface area contributed by atoms with E-state index in [-0.39, 0.29) is 5.91 Å². The first-order valence-electron chi connectivity index (χ1n) is 9.52. The fourth-order valence-electron chi connectivity index (χ4n) is 3.05. The molecule has 0 radical (unpaired) electrons. The first-order chi connectivity index (χ1) is 12.0. The number of rotatable bonds is 12. The van der Waals surface area contributed by atoms with Gasteiger partial charge in [0, 0.05) is 13.5 Å². The minimum Gasteiger partial charge on any atom is -0.394 e. The number of nitrogens with one attached hydrogen (secondary N) is 1. The van der Waals surface area contributed by atoms with Crippen LogP contribution in [0.1, 0.15) is 65.2 Å². The molecule has 0 saturated carbocycles. The smallest absolute Gasteiger partial charge is 0.217 e. The van der Waals surface area contributed by atoms with Crippen LogP contribution < -0.4 is 5.32 Å². The summed E-state index contributed by atoms with van der Waals surface area (Å²) in [5.74, 6) is -0.344. The van der Waals surface area contributed by atoms with E-state index in [4.69, 9.17) is 9.47 Å². The number of hydrogen-bond donors (Lipinski definition) is 4. The lowest BCUT2D eigenvalue weighted by Crippen LogP contribution is -2.64. The summed E-state index contributed by atoms with van der Waals surface area (Å²) in [4.78, 5) is 11.3. The molecule has 148 valence electrons. The average Bonchev–Trinajstić information content (AvgIpc) is 2.59. The number of ether oxygens (including phenoxy) is 2. The second-order valence-electron chi connectivity index (χ2n) is 6.78. The van der Waals surface area contributed by atoms with Crippen LogP contribution in [0.2, 0.25) is 0 Å². The van der Waals surface area contributed by atoms with E-state index in [0.29, 0.717) is 6.61 Å². The molecule has 1 aliphatic heterocycles. The molecule has 1 rings (SSSR count). The summed E-state index contributed by atoms with van der Waals surface area (Å²) in [6.07, 6.45) is 5.09. The maximum Gasteiger partial charge on any atom is 0.217 e.